The summed E-state index contributed by atoms with van der Waals surface area (Å²) in [5.41, 5.74) is 5.03. The van der Waals surface area contributed by atoms with Crippen LogP contribution in [0.15, 0.2) is 48.8 Å². The molecule has 0 unspecified atom stereocenters. The average molecular weight is 429 g/mol. The first-order valence-corrected chi connectivity index (χ1v) is 10.6. The molecule has 4 heterocycles. The lowest BCUT2D eigenvalue weighted by Gasteiger charge is -2.27. The van der Waals surface area contributed by atoms with Gasteiger partial charge < -0.3 is 14.6 Å². The van der Waals surface area contributed by atoms with E-state index in [2.05, 4.69) is 15.1 Å². The molecule has 0 saturated heterocycles. The predicted molar refractivity (Wildman–Crippen MR) is 119 cm³/mol. The summed E-state index contributed by atoms with van der Waals surface area (Å²) in [6.45, 7) is 3.09. The van der Waals surface area contributed by atoms with Gasteiger partial charge in [0.05, 0.1) is 30.1 Å². The molecule has 0 spiro atoms. The van der Waals surface area contributed by atoms with Crippen LogP contribution in [0, 0.1) is 0 Å². The van der Waals surface area contributed by atoms with Gasteiger partial charge in [0.2, 0.25) is 0 Å². The molecule has 3 aromatic heterocycles. The van der Waals surface area contributed by atoms with Gasteiger partial charge in [0.25, 0.3) is 5.91 Å². The molecule has 8 heteroatoms. The second kappa shape index (κ2) is 7.96. The number of pyridine rings is 1. The number of aromatic nitrogens is 4. The number of hydrogen-bond donors (Lipinski definition) is 1. The van der Waals surface area contributed by atoms with E-state index in [1.807, 2.05) is 42.2 Å². The van der Waals surface area contributed by atoms with Gasteiger partial charge in [-0.2, -0.15) is 5.10 Å². The fraction of sp³-hybridized carbons (Fsp3) is 0.250. The number of hydrogen-bond acceptors (Lipinski definition) is 5. The maximum atomic E-state index is 13.5. The highest BCUT2D eigenvalue weighted by atomic mass is 16.5. The Bertz CT molecular complexity index is 1320. The normalized spacial score (nSPS) is 13.2. The quantitative estimate of drug-likeness (QED) is 0.503. The van der Waals surface area contributed by atoms with Gasteiger partial charge in [0.1, 0.15) is 0 Å². The average Bonchev–Trinajstić information content (AvgIpc) is 3.44. The summed E-state index contributed by atoms with van der Waals surface area (Å²) < 4.78 is 6.59. The monoisotopic (exact) mass is 429 g/mol. The molecule has 1 amide bonds. The Kier molecular flexibility index (Phi) is 4.97. The van der Waals surface area contributed by atoms with Gasteiger partial charge in [-0.05, 0) is 36.8 Å². The number of carbonyl (C=O) groups is 2. The van der Waals surface area contributed by atoms with Crippen LogP contribution >= 0.6 is 0 Å². The summed E-state index contributed by atoms with van der Waals surface area (Å²) in [7, 11) is 1.37. The van der Waals surface area contributed by atoms with Crippen molar-refractivity contribution in [2.45, 2.75) is 26.3 Å². The smallest absolute Gasteiger partial charge is 0.337 e. The number of ether oxygens (including phenoxy) is 1. The standard InChI is InChI=1S/C24H23N5O3/c1-3-21-17(13-26-29(21)22-6-4-5-10-25-22)23(30)28-11-9-20-18(14-28)16-12-15(24(31)32-2)7-8-19(16)27-20/h4-8,10,12-13,27H,3,9,11,14H2,1-2H3. The van der Waals surface area contributed by atoms with Crippen molar-refractivity contribution in [3.63, 3.8) is 0 Å². The van der Waals surface area contributed by atoms with Crippen LogP contribution in [0.3, 0.4) is 0 Å². The largest absolute Gasteiger partial charge is 0.465 e. The Morgan fingerprint density at radius 3 is 2.84 bits per heavy atom. The molecule has 4 aromatic rings. The van der Waals surface area contributed by atoms with Crippen LogP contribution in [0.1, 0.15) is 44.6 Å². The van der Waals surface area contributed by atoms with Crippen LogP contribution in [-0.2, 0) is 24.1 Å². The van der Waals surface area contributed by atoms with Gasteiger partial charge in [0.15, 0.2) is 5.82 Å². The molecule has 1 aliphatic rings. The molecule has 32 heavy (non-hydrogen) atoms. The lowest BCUT2D eigenvalue weighted by molar-refractivity contribution is 0.0600. The van der Waals surface area contributed by atoms with Gasteiger partial charge in [-0.25, -0.2) is 14.5 Å². The highest BCUT2D eigenvalue weighted by Gasteiger charge is 2.28. The van der Waals surface area contributed by atoms with Crippen LogP contribution in [0.4, 0.5) is 0 Å². The Labute approximate surface area is 184 Å². The molecule has 1 aromatic carbocycles. The first-order chi connectivity index (χ1) is 15.6. The maximum absolute atomic E-state index is 13.5. The van der Waals surface area contributed by atoms with E-state index in [1.165, 1.54) is 7.11 Å². The van der Waals surface area contributed by atoms with Crippen molar-refractivity contribution in [3.8, 4) is 5.82 Å². The third kappa shape index (κ3) is 3.24. The number of carbonyl (C=O) groups excluding carboxylic acids is 2. The van der Waals surface area contributed by atoms with Crippen molar-refractivity contribution in [1.29, 1.82) is 0 Å². The molecule has 1 N–H and O–H groups in total. The highest BCUT2D eigenvalue weighted by molar-refractivity contribution is 5.98. The predicted octanol–water partition coefficient (Wildman–Crippen LogP) is 3.30. The third-order valence-corrected chi connectivity index (χ3v) is 5.98. The molecule has 0 aliphatic carbocycles. The van der Waals surface area contributed by atoms with Crippen LogP contribution < -0.4 is 0 Å². The molecule has 162 valence electrons. The minimum atomic E-state index is -0.375. The lowest BCUT2D eigenvalue weighted by atomic mass is 10.0. The molecule has 0 atom stereocenters. The van der Waals surface area contributed by atoms with E-state index in [4.69, 9.17) is 4.74 Å². The van der Waals surface area contributed by atoms with E-state index >= 15 is 0 Å². The first kappa shape index (κ1) is 20.0. The number of nitrogens with zero attached hydrogens (tertiary/aromatic N) is 4. The first-order valence-electron chi connectivity index (χ1n) is 10.6. The topological polar surface area (TPSA) is 93.1 Å². The molecule has 0 saturated carbocycles. The molecule has 0 bridgehead atoms. The molecule has 1 aliphatic heterocycles. The molecule has 8 nitrogen and oxygen atoms in total. The number of H-pyrrole nitrogens is 1. The second-order valence-corrected chi connectivity index (χ2v) is 7.77. The van der Waals surface area contributed by atoms with Crippen molar-refractivity contribution in [2.24, 2.45) is 0 Å². The van der Waals surface area contributed by atoms with E-state index in [9.17, 15) is 9.59 Å². The number of rotatable bonds is 4. The number of fused-ring (bicyclic) bond motifs is 3. The molecular formula is C24H23N5O3. The minimum Gasteiger partial charge on any atom is -0.465 e. The van der Waals surface area contributed by atoms with Crippen LogP contribution in [0.5, 0.6) is 0 Å². The molecular weight excluding hydrogens is 406 g/mol. The van der Waals surface area contributed by atoms with Gasteiger partial charge in [-0.15, -0.1) is 0 Å². The summed E-state index contributed by atoms with van der Waals surface area (Å²) >= 11 is 0. The number of benzene rings is 1. The van der Waals surface area contributed by atoms with Crippen LogP contribution in [0.2, 0.25) is 0 Å². The van der Waals surface area contributed by atoms with Crippen molar-refractivity contribution in [1.82, 2.24) is 24.6 Å². The fourth-order valence-electron chi connectivity index (χ4n) is 4.37. The Balaban J connectivity index is 1.48. The molecule has 0 radical (unpaired) electrons. The van der Waals surface area contributed by atoms with E-state index in [1.54, 1.807) is 23.1 Å². The number of nitrogens with one attached hydrogen (secondary N) is 1. The van der Waals surface area contributed by atoms with E-state index < -0.39 is 0 Å². The summed E-state index contributed by atoms with van der Waals surface area (Å²) in [4.78, 5) is 35.1. The zero-order chi connectivity index (χ0) is 22.2. The van der Waals surface area contributed by atoms with Crippen molar-refractivity contribution in [3.05, 3.63) is 76.9 Å². The van der Waals surface area contributed by atoms with Gasteiger partial charge in [-0.1, -0.05) is 13.0 Å². The summed E-state index contributed by atoms with van der Waals surface area (Å²) in [5.74, 6) is 0.268. The SMILES string of the molecule is CCc1c(C(=O)N2CCc3[nH]c4ccc(C(=O)OC)cc4c3C2)cnn1-c1ccccn1. The minimum absolute atomic E-state index is 0.0480. The fourth-order valence-corrected chi connectivity index (χ4v) is 4.37. The number of aromatic amines is 1. The van der Waals surface area contributed by atoms with Crippen molar-refractivity contribution >= 4 is 22.8 Å². The molecule has 5 rings (SSSR count). The van der Waals surface area contributed by atoms with Gasteiger partial charge in [-0.3, -0.25) is 4.79 Å². The van der Waals surface area contributed by atoms with Crippen molar-refractivity contribution in [2.75, 3.05) is 13.7 Å². The summed E-state index contributed by atoms with van der Waals surface area (Å²) in [6, 6.07) is 11.1. The Morgan fingerprint density at radius 2 is 2.09 bits per heavy atom. The number of esters is 1. The van der Waals surface area contributed by atoms with E-state index in [-0.39, 0.29) is 11.9 Å². The van der Waals surface area contributed by atoms with Crippen molar-refractivity contribution < 1.29 is 14.3 Å². The van der Waals surface area contributed by atoms with E-state index in [0.29, 0.717) is 36.5 Å². The van der Waals surface area contributed by atoms with Crippen LogP contribution in [-0.4, -0.2) is 50.2 Å². The maximum Gasteiger partial charge on any atom is 0.337 e. The summed E-state index contributed by atoms with van der Waals surface area (Å²) in [6.07, 6.45) is 4.73. The lowest BCUT2D eigenvalue weighted by Crippen LogP contribution is -2.36. The van der Waals surface area contributed by atoms with Gasteiger partial charge >= 0.3 is 5.97 Å². The number of amides is 1. The zero-order valence-electron chi connectivity index (χ0n) is 18.0. The van der Waals surface area contributed by atoms with E-state index in [0.717, 1.165) is 34.3 Å². The van der Waals surface area contributed by atoms with Gasteiger partial charge in [0, 0.05) is 47.9 Å². The third-order valence-electron chi connectivity index (χ3n) is 5.98. The summed E-state index contributed by atoms with van der Waals surface area (Å²) in [5, 5.41) is 5.39. The molecule has 0 fully saturated rings. The Hall–Kier alpha value is -3.94. The number of methoxy groups -OCH3 is 1. The van der Waals surface area contributed by atoms with Crippen LogP contribution in [0.25, 0.3) is 16.7 Å². The zero-order valence-corrected chi connectivity index (χ0v) is 18.0. The Morgan fingerprint density at radius 1 is 1.22 bits per heavy atom. The second-order valence-electron chi connectivity index (χ2n) is 7.77. The highest BCUT2D eigenvalue weighted by Crippen LogP contribution is 2.30.